The third-order valence-corrected chi connectivity index (χ3v) is 1.96. The molecule has 0 aliphatic carbocycles. The number of carbonyl (C=O) groups is 2. The van der Waals surface area contributed by atoms with E-state index in [0.29, 0.717) is 6.42 Å². The summed E-state index contributed by atoms with van der Waals surface area (Å²) in [7, 11) is 0. The Morgan fingerprint density at radius 2 is 2.12 bits per heavy atom. The van der Waals surface area contributed by atoms with Crippen molar-refractivity contribution >= 4 is 12.1 Å². The van der Waals surface area contributed by atoms with Crippen LogP contribution in [0.2, 0.25) is 0 Å². The summed E-state index contributed by atoms with van der Waals surface area (Å²) in [6.45, 7) is 5.46. The van der Waals surface area contributed by atoms with Gasteiger partial charge in [0.25, 0.3) is 0 Å². The molecule has 1 saturated heterocycles. The molecule has 0 radical (unpaired) electrons. The maximum Gasteiger partial charge on any atom is 0.415 e. The second kappa shape index (κ2) is 4.80. The molecule has 2 N–H and O–H groups in total. The number of carbonyl (C=O) groups excluding carboxylic acids is 2. The van der Waals surface area contributed by atoms with Gasteiger partial charge >= 0.3 is 12.1 Å². The van der Waals surface area contributed by atoms with Gasteiger partial charge in [-0.05, 0) is 27.2 Å². The Labute approximate surface area is 93.9 Å². The molecule has 92 valence electrons. The number of rotatable bonds is 4. The van der Waals surface area contributed by atoms with E-state index >= 15 is 0 Å². The molecule has 1 unspecified atom stereocenters. The van der Waals surface area contributed by atoms with E-state index < -0.39 is 30.0 Å². The number of esters is 1. The Balaban J connectivity index is 2.29. The molecule has 1 heterocycles. The summed E-state index contributed by atoms with van der Waals surface area (Å²) in [5.74, 6) is -0.604. The first kappa shape index (κ1) is 12.9. The van der Waals surface area contributed by atoms with Crippen molar-refractivity contribution in [3.05, 3.63) is 0 Å². The molecule has 6 nitrogen and oxygen atoms in total. The highest BCUT2D eigenvalue weighted by atomic mass is 16.6. The minimum absolute atomic E-state index is 0.261. The molecule has 6 heteroatoms. The highest BCUT2D eigenvalue weighted by molar-refractivity contribution is 5.95. The zero-order chi connectivity index (χ0) is 12.3. The van der Waals surface area contributed by atoms with E-state index in [9.17, 15) is 14.7 Å². The molecule has 1 amide bonds. The first-order valence-corrected chi connectivity index (χ1v) is 5.16. The van der Waals surface area contributed by atoms with Crippen LogP contribution in [0.4, 0.5) is 4.79 Å². The van der Waals surface area contributed by atoms with Gasteiger partial charge in [0.2, 0.25) is 0 Å². The van der Waals surface area contributed by atoms with Crippen molar-refractivity contribution in [1.29, 1.82) is 0 Å². The molecular weight excluding hydrogens is 214 g/mol. The standard InChI is InChI=1S/C10H17NO5/c1-10(2,3)16-7(12)5-4-6-8(13)15-9(14)11-6/h6-7,12H,4-5H2,1-3H3,(H,11,14)/t6-,7?/m0/s1. The van der Waals surface area contributed by atoms with Crippen LogP contribution in [0.3, 0.4) is 0 Å². The fraction of sp³-hybridized carbons (Fsp3) is 0.800. The molecule has 0 aromatic carbocycles. The molecule has 2 atom stereocenters. The Morgan fingerprint density at radius 3 is 2.56 bits per heavy atom. The van der Waals surface area contributed by atoms with E-state index in [1.165, 1.54) is 0 Å². The van der Waals surface area contributed by atoms with Crippen molar-refractivity contribution in [1.82, 2.24) is 5.32 Å². The Hall–Kier alpha value is -1.14. The van der Waals surface area contributed by atoms with E-state index in [1.807, 2.05) is 20.8 Å². The molecule has 1 fully saturated rings. The number of amides is 1. The molecule has 0 spiro atoms. The van der Waals surface area contributed by atoms with Gasteiger partial charge in [-0.25, -0.2) is 9.59 Å². The van der Waals surface area contributed by atoms with Crippen LogP contribution in [0.1, 0.15) is 33.6 Å². The zero-order valence-corrected chi connectivity index (χ0v) is 9.65. The van der Waals surface area contributed by atoms with Gasteiger partial charge in [-0.1, -0.05) is 0 Å². The molecule has 0 aromatic rings. The highest BCUT2D eigenvalue weighted by Gasteiger charge is 2.32. The average Bonchev–Trinajstić information content (AvgIpc) is 2.38. The van der Waals surface area contributed by atoms with Crippen LogP contribution in [0.25, 0.3) is 0 Å². The van der Waals surface area contributed by atoms with Gasteiger partial charge in [0, 0.05) is 6.42 Å². The van der Waals surface area contributed by atoms with Crippen molar-refractivity contribution in [2.24, 2.45) is 0 Å². The van der Waals surface area contributed by atoms with Gasteiger partial charge in [-0.3, -0.25) is 0 Å². The minimum atomic E-state index is -0.953. The largest absolute Gasteiger partial charge is 0.415 e. The predicted octanol–water partition coefficient (Wildman–Crippen LogP) is 0.535. The SMILES string of the molecule is CC(C)(C)OC(O)CC[C@@H]1NC(=O)OC1=O. The lowest BCUT2D eigenvalue weighted by Crippen LogP contribution is -2.32. The number of hydrogen-bond acceptors (Lipinski definition) is 5. The molecule has 16 heavy (non-hydrogen) atoms. The van der Waals surface area contributed by atoms with Crippen molar-refractivity contribution < 1.29 is 24.2 Å². The van der Waals surface area contributed by atoms with Gasteiger partial charge in [-0.15, -0.1) is 0 Å². The average molecular weight is 231 g/mol. The number of hydrogen-bond donors (Lipinski definition) is 2. The highest BCUT2D eigenvalue weighted by Crippen LogP contribution is 2.15. The molecule has 0 saturated carbocycles. The van der Waals surface area contributed by atoms with Gasteiger partial charge < -0.3 is 19.9 Å². The fourth-order valence-electron chi connectivity index (χ4n) is 1.36. The van der Waals surface area contributed by atoms with Crippen molar-refractivity contribution in [2.45, 2.75) is 51.5 Å². The van der Waals surface area contributed by atoms with Crippen LogP contribution in [0.5, 0.6) is 0 Å². The summed E-state index contributed by atoms with van der Waals surface area (Å²) in [5.41, 5.74) is -0.446. The van der Waals surface area contributed by atoms with Crippen molar-refractivity contribution in [3.8, 4) is 0 Å². The fourth-order valence-corrected chi connectivity index (χ4v) is 1.36. The van der Waals surface area contributed by atoms with Gasteiger partial charge in [0.05, 0.1) is 5.60 Å². The summed E-state index contributed by atoms with van der Waals surface area (Å²) >= 11 is 0. The number of ether oxygens (including phenoxy) is 2. The summed E-state index contributed by atoms with van der Waals surface area (Å²) in [4.78, 5) is 21.7. The second-order valence-corrected chi connectivity index (χ2v) is 4.67. The van der Waals surface area contributed by atoms with E-state index in [2.05, 4.69) is 10.1 Å². The number of alkyl carbamates (subject to hydrolysis) is 1. The molecule has 1 aliphatic heterocycles. The summed E-state index contributed by atoms with van der Waals surface area (Å²) in [6, 6.07) is -0.675. The third-order valence-electron chi connectivity index (χ3n) is 1.96. The lowest BCUT2D eigenvalue weighted by Gasteiger charge is -2.24. The van der Waals surface area contributed by atoms with Crippen LogP contribution >= 0.6 is 0 Å². The smallest absolute Gasteiger partial charge is 0.375 e. The van der Waals surface area contributed by atoms with E-state index in [4.69, 9.17) is 4.74 Å². The van der Waals surface area contributed by atoms with Crippen molar-refractivity contribution in [2.75, 3.05) is 0 Å². The molecule has 1 rings (SSSR count). The van der Waals surface area contributed by atoms with Crippen molar-refractivity contribution in [3.63, 3.8) is 0 Å². The molecular formula is C10H17NO5. The topological polar surface area (TPSA) is 84.9 Å². The Kier molecular flexibility index (Phi) is 3.88. The van der Waals surface area contributed by atoms with Crippen LogP contribution < -0.4 is 5.32 Å². The van der Waals surface area contributed by atoms with Crippen LogP contribution in [0, 0.1) is 0 Å². The Bertz CT molecular complexity index is 283. The third kappa shape index (κ3) is 4.16. The second-order valence-electron chi connectivity index (χ2n) is 4.67. The van der Waals surface area contributed by atoms with Gasteiger partial charge in [0.1, 0.15) is 6.04 Å². The number of aliphatic hydroxyl groups is 1. The normalized spacial score (nSPS) is 22.9. The number of aliphatic hydroxyl groups excluding tert-OH is 1. The summed E-state index contributed by atoms with van der Waals surface area (Å²) in [6.07, 6.45) is -1.13. The lowest BCUT2D eigenvalue weighted by atomic mass is 10.1. The molecule has 0 aromatic heterocycles. The first-order chi connectivity index (χ1) is 7.28. The van der Waals surface area contributed by atoms with E-state index in [-0.39, 0.29) is 6.42 Å². The van der Waals surface area contributed by atoms with Crippen LogP contribution in [0.15, 0.2) is 0 Å². The monoisotopic (exact) mass is 231 g/mol. The van der Waals surface area contributed by atoms with Crippen LogP contribution in [-0.2, 0) is 14.3 Å². The summed E-state index contributed by atoms with van der Waals surface area (Å²) < 4.78 is 9.55. The number of nitrogens with one attached hydrogen (secondary N) is 1. The van der Waals surface area contributed by atoms with E-state index in [0.717, 1.165) is 0 Å². The van der Waals surface area contributed by atoms with Gasteiger partial charge in [-0.2, -0.15) is 0 Å². The Morgan fingerprint density at radius 1 is 1.50 bits per heavy atom. The first-order valence-electron chi connectivity index (χ1n) is 5.16. The zero-order valence-electron chi connectivity index (χ0n) is 9.65. The maximum absolute atomic E-state index is 11.1. The predicted molar refractivity (Wildman–Crippen MR) is 54.5 cm³/mol. The van der Waals surface area contributed by atoms with E-state index in [1.54, 1.807) is 0 Å². The quantitative estimate of drug-likeness (QED) is 0.419. The van der Waals surface area contributed by atoms with Gasteiger partial charge in [0.15, 0.2) is 6.29 Å². The summed E-state index contributed by atoms with van der Waals surface area (Å²) in [5, 5.41) is 11.9. The minimum Gasteiger partial charge on any atom is -0.375 e. The maximum atomic E-state index is 11.1. The molecule has 0 bridgehead atoms. The number of cyclic esters (lactones) is 2. The van der Waals surface area contributed by atoms with Crippen LogP contribution in [-0.4, -0.2) is 35.1 Å². The lowest BCUT2D eigenvalue weighted by molar-refractivity contribution is -0.169. The molecule has 1 aliphatic rings.